The molecular weight excluding hydrogens is 524 g/mol. The van der Waals surface area contributed by atoms with E-state index in [4.69, 9.17) is 14.5 Å². The van der Waals surface area contributed by atoms with Gasteiger partial charge in [0.25, 0.3) is 5.92 Å². The zero-order valence-electron chi connectivity index (χ0n) is 23.2. The molecule has 1 N–H and O–H groups in total. The van der Waals surface area contributed by atoms with Crippen molar-refractivity contribution in [3.63, 3.8) is 0 Å². The van der Waals surface area contributed by atoms with Crippen LogP contribution in [0.4, 0.5) is 14.7 Å². The van der Waals surface area contributed by atoms with Crippen LogP contribution in [0.15, 0.2) is 59.4 Å². The molecule has 1 saturated heterocycles. The van der Waals surface area contributed by atoms with Gasteiger partial charge in [0.1, 0.15) is 11.4 Å². The van der Waals surface area contributed by atoms with Crippen molar-refractivity contribution in [2.24, 2.45) is 0 Å². The first-order valence-corrected chi connectivity index (χ1v) is 14.0. The Kier molecular flexibility index (Phi) is 6.11. The van der Waals surface area contributed by atoms with Crippen LogP contribution in [0.1, 0.15) is 36.3 Å². The van der Waals surface area contributed by atoms with E-state index in [9.17, 15) is 8.78 Å². The summed E-state index contributed by atoms with van der Waals surface area (Å²) in [5.74, 6) is -1.34. The number of likely N-dealkylation sites (tertiary alicyclic amines) is 1. The number of hydrogen-bond donors (Lipinski definition) is 1. The van der Waals surface area contributed by atoms with E-state index >= 15 is 0 Å². The fourth-order valence-corrected chi connectivity index (χ4v) is 6.34. The van der Waals surface area contributed by atoms with Gasteiger partial charge in [-0.05, 0) is 69.9 Å². The third-order valence-corrected chi connectivity index (χ3v) is 8.33. The highest BCUT2D eigenvalue weighted by molar-refractivity contribution is 5.96. The first-order chi connectivity index (χ1) is 19.8. The first-order valence-electron chi connectivity index (χ1n) is 14.0. The van der Waals surface area contributed by atoms with E-state index in [0.29, 0.717) is 5.95 Å². The number of rotatable bonds is 6. The van der Waals surface area contributed by atoms with Gasteiger partial charge in [0, 0.05) is 41.1 Å². The smallest absolute Gasteiger partial charge is 0.272 e. The van der Waals surface area contributed by atoms with E-state index in [1.807, 2.05) is 68.3 Å². The number of hydrogen-bond acceptors (Lipinski definition) is 7. The highest BCUT2D eigenvalue weighted by Gasteiger charge is 2.49. The van der Waals surface area contributed by atoms with Crippen molar-refractivity contribution in [1.82, 2.24) is 29.6 Å². The Hall–Kier alpha value is -4.18. The Balaban J connectivity index is 1.29. The molecule has 8 nitrogen and oxygen atoms in total. The number of aryl methyl sites for hydroxylation is 3. The Morgan fingerprint density at radius 2 is 1.80 bits per heavy atom. The summed E-state index contributed by atoms with van der Waals surface area (Å²) in [4.78, 5) is 16.5. The molecular formula is C31H31F2N7O. The van der Waals surface area contributed by atoms with E-state index in [1.165, 1.54) is 0 Å². The first kappa shape index (κ1) is 25.8. The summed E-state index contributed by atoms with van der Waals surface area (Å²) < 4.78 is 34.6. The van der Waals surface area contributed by atoms with Crippen LogP contribution >= 0.6 is 0 Å². The van der Waals surface area contributed by atoms with Crippen LogP contribution in [0.5, 0.6) is 0 Å². The average molecular weight is 556 g/mol. The number of pyridine rings is 1. The third kappa shape index (κ3) is 4.56. The zero-order valence-corrected chi connectivity index (χ0v) is 23.2. The number of aromatic nitrogens is 5. The van der Waals surface area contributed by atoms with Crippen LogP contribution in [-0.4, -0.2) is 60.7 Å². The molecule has 2 fully saturated rings. The van der Waals surface area contributed by atoms with Crippen molar-refractivity contribution in [2.45, 2.75) is 58.0 Å². The normalized spacial score (nSPS) is 20.4. The molecule has 1 saturated carbocycles. The minimum atomic E-state index is -2.58. The van der Waals surface area contributed by atoms with Crippen LogP contribution in [0.25, 0.3) is 39.2 Å². The Morgan fingerprint density at radius 1 is 1.00 bits per heavy atom. The number of nitrogens with zero attached hydrogens (tertiary/aromatic N) is 6. The second-order valence-electron chi connectivity index (χ2n) is 11.3. The quantitative estimate of drug-likeness (QED) is 0.261. The van der Waals surface area contributed by atoms with Gasteiger partial charge >= 0.3 is 0 Å². The lowest BCUT2D eigenvalue weighted by Crippen LogP contribution is -2.62. The van der Waals surface area contributed by atoms with Crippen molar-refractivity contribution in [3.05, 3.63) is 71.9 Å². The lowest BCUT2D eigenvalue weighted by Gasteiger charge is -2.44. The monoisotopic (exact) mass is 555 g/mol. The summed E-state index contributed by atoms with van der Waals surface area (Å²) >= 11 is 0. The fraction of sp³-hybridized carbons (Fsp3) is 0.355. The number of para-hydroxylation sites is 1. The van der Waals surface area contributed by atoms with Crippen molar-refractivity contribution in [3.8, 4) is 28.2 Å². The topological polar surface area (TPSA) is 84.9 Å². The fourth-order valence-electron chi connectivity index (χ4n) is 6.34. The van der Waals surface area contributed by atoms with E-state index in [0.717, 1.165) is 75.5 Å². The van der Waals surface area contributed by atoms with Crippen molar-refractivity contribution < 1.29 is 13.3 Å². The molecule has 4 aromatic heterocycles. The summed E-state index contributed by atoms with van der Waals surface area (Å²) in [5, 5.41) is 8.56. The predicted octanol–water partition coefficient (Wildman–Crippen LogP) is 6.35. The summed E-state index contributed by atoms with van der Waals surface area (Å²) in [7, 11) is 0. The Bertz CT molecular complexity index is 1720. The lowest BCUT2D eigenvalue weighted by molar-refractivity contribution is -0.145. The van der Waals surface area contributed by atoms with Gasteiger partial charge in [-0.2, -0.15) is 0 Å². The second kappa shape index (κ2) is 9.73. The number of fused-ring (bicyclic) bond motifs is 1. The van der Waals surface area contributed by atoms with E-state index in [1.54, 1.807) is 0 Å². The summed E-state index contributed by atoms with van der Waals surface area (Å²) in [6, 6.07) is 14.3. The third-order valence-electron chi connectivity index (χ3n) is 8.33. The maximum atomic E-state index is 13.6. The molecule has 5 aromatic rings. The van der Waals surface area contributed by atoms with E-state index in [-0.39, 0.29) is 25.2 Å². The van der Waals surface area contributed by atoms with Gasteiger partial charge in [0.15, 0.2) is 0 Å². The number of halogens is 2. The van der Waals surface area contributed by atoms with Gasteiger partial charge < -0.3 is 14.4 Å². The number of anilines is 1. The molecule has 210 valence electrons. The van der Waals surface area contributed by atoms with Gasteiger partial charge in [-0.15, -0.1) is 0 Å². The van der Waals surface area contributed by atoms with Crippen molar-refractivity contribution in [2.75, 3.05) is 18.4 Å². The zero-order chi connectivity index (χ0) is 28.3. The lowest BCUT2D eigenvalue weighted by atomic mass is 10.0. The van der Waals surface area contributed by atoms with E-state index in [2.05, 4.69) is 32.3 Å². The highest BCUT2D eigenvalue weighted by Crippen LogP contribution is 2.37. The molecule has 7 rings (SSSR count). The van der Waals surface area contributed by atoms with E-state index < -0.39 is 5.92 Å². The molecule has 2 atom stereocenters. The molecule has 5 heterocycles. The molecule has 1 unspecified atom stereocenters. The molecule has 1 aliphatic heterocycles. The molecule has 0 amide bonds. The van der Waals surface area contributed by atoms with Gasteiger partial charge in [0.05, 0.1) is 35.7 Å². The minimum absolute atomic E-state index is 0.0339. The molecule has 0 spiro atoms. The van der Waals surface area contributed by atoms with Gasteiger partial charge in [-0.3, -0.25) is 4.90 Å². The molecule has 41 heavy (non-hydrogen) atoms. The number of benzene rings is 1. The molecule has 1 aliphatic carbocycles. The van der Waals surface area contributed by atoms with Crippen LogP contribution < -0.4 is 5.32 Å². The Labute approximate surface area is 236 Å². The van der Waals surface area contributed by atoms with Crippen molar-refractivity contribution >= 4 is 17.0 Å². The SMILES string of the molecule is Cc1cnc(N[C@H]2CCCC2N2CC(F)(F)C2)nc1-c1cn(-c2ccccc2)c2nc(-c3c(C)noc3C)ccc12. The maximum Gasteiger partial charge on any atom is 0.272 e. The molecule has 2 aliphatic rings. The summed E-state index contributed by atoms with van der Waals surface area (Å²) in [6.45, 7) is 5.47. The van der Waals surface area contributed by atoms with Crippen LogP contribution in [0.3, 0.4) is 0 Å². The minimum Gasteiger partial charge on any atom is -0.361 e. The van der Waals surface area contributed by atoms with Crippen LogP contribution in [0.2, 0.25) is 0 Å². The van der Waals surface area contributed by atoms with Crippen LogP contribution in [0, 0.1) is 20.8 Å². The molecule has 0 radical (unpaired) electrons. The van der Waals surface area contributed by atoms with Gasteiger partial charge in [-0.25, -0.2) is 23.7 Å². The highest BCUT2D eigenvalue weighted by atomic mass is 19.3. The Morgan fingerprint density at radius 3 is 2.54 bits per heavy atom. The van der Waals surface area contributed by atoms with Crippen molar-refractivity contribution in [1.29, 1.82) is 0 Å². The van der Waals surface area contributed by atoms with Crippen LogP contribution in [-0.2, 0) is 0 Å². The number of nitrogens with one attached hydrogen (secondary N) is 1. The molecule has 0 bridgehead atoms. The largest absolute Gasteiger partial charge is 0.361 e. The standard InChI is InChI=1S/C31H31F2N7O/c1-18-14-34-30(36-24-10-7-11-26(24)39-16-31(32,33)17-39)37-28(18)23-15-40(21-8-5-4-6-9-21)29-22(23)12-13-25(35-29)27-19(2)38-41-20(27)3/h4-6,8-9,12-15,24,26H,7,10-11,16-17H2,1-3H3,(H,34,36,37)/t24-,26?/m0/s1. The maximum absolute atomic E-state index is 13.6. The summed E-state index contributed by atoms with van der Waals surface area (Å²) in [5.41, 5.74) is 6.94. The summed E-state index contributed by atoms with van der Waals surface area (Å²) in [6.07, 6.45) is 6.69. The average Bonchev–Trinajstić information content (AvgIpc) is 3.65. The predicted molar refractivity (Wildman–Crippen MR) is 153 cm³/mol. The van der Waals surface area contributed by atoms with Gasteiger partial charge in [-0.1, -0.05) is 23.4 Å². The van der Waals surface area contributed by atoms with Gasteiger partial charge in [0.2, 0.25) is 5.95 Å². The second-order valence-corrected chi connectivity index (χ2v) is 11.3. The molecule has 1 aromatic carbocycles. The number of alkyl halides is 2. The molecule has 10 heteroatoms.